The standard InChI is InChI=1S/C18H22N4O3S/c1-3-24-16-7-12-6-11(2)25-15(12)8-14(16)20-17(23)9-26-18-21-19-10-22(18)13-4-5-13/h7-8,10-11,13H,3-6,9H2,1-2H3,(H,20,23). The minimum Gasteiger partial charge on any atom is -0.492 e. The molecule has 1 saturated carbocycles. The van der Waals surface area contributed by atoms with Crippen LogP contribution in [-0.2, 0) is 11.2 Å². The third kappa shape index (κ3) is 3.65. The number of amides is 1. The Labute approximate surface area is 156 Å². The SMILES string of the molecule is CCOc1cc2c(cc1NC(=O)CSc1nncn1C1CC1)OC(C)C2. The van der Waals surface area contributed by atoms with Gasteiger partial charge in [-0.2, -0.15) is 0 Å². The van der Waals surface area contributed by atoms with Crippen LogP contribution in [0.4, 0.5) is 5.69 Å². The number of anilines is 1. The molecule has 2 heterocycles. The van der Waals surface area contributed by atoms with Gasteiger partial charge in [-0.25, -0.2) is 0 Å². The molecule has 1 aromatic carbocycles. The van der Waals surface area contributed by atoms with Gasteiger partial charge in [-0.3, -0.25) is 4.79 Å². The van der Waals surface area contributed by atoms with Gasteiger partial charge in [0.2, 0.25) is 5.91 Å². The molecule has 1 aliphatic heterocycles. The zero-order chi connectivity index (χ0) is 18.1. The summed E-state index contributed by atoms with van der Waals surface area (Å²) in [4.78, 5) is 12.4. The quantitative estimate of drug-likeness (QED) is 0.751. The number of benzene rings is 1. The van der Waals surface area contributed by atoms with Gasteiger partial charge in [-0.15, -0.1) is 10.2 Å². The molecule has 0 spiro atoms. The van der Waals surface area contributed by atoms with Gasteiger partial charge < -0.3 is 19.4 Å². The maximum Gasteiger partial charge on any atom is 0.234 e. The Morgan fingerprint density at radius 2 is 2.31 bits per heavy atom. The first-order chi connectivity index (χ1) is 12.6. The highest BCUT2D eigenvalue weighted by Crippen LogP contribution is 2.39. The number of thioether (sulfide) groups is 1. The van der Waals surface area contributed by atoms with Gasteiger partial charge >= 0.3 is 0 Å². The molecule has 1 amide bonds. The van der Waals surface area contributed by atoms with Crippen molar-refractivity contribution in [2.24, 2.45) is 0 Å². The predicted molar refractivity (Wildman–Crippen MR) is 99.1 cm³/mol. The lowest BCUT2D eigenvalue weighted by atomic mass is 10.1. The van der Waals surface area contributed by atoms with Crippen LogP contribution < -0.4 is 14.8 Å². The fourth-order valence-electron chi connectivity index (χ4n) is 3.07. The summed E-state index contributed by atoms with van der Waals surface area (Å²) in [6, 6.07) is 4.32. The fraction of sp³-hybridized carbons (Fsp3) is 0.500. The summed E-state index contributed by atoms with van der Waals surface area (Å²) >= 11 is 1.40. The Balaban J connectivity index is 1.43. The average Bonchev–Trinajstić information content (AvgIpc) is 3.23. The summed E-state index contributed by atoms with van der Waals surface area (Å²) < 4.78 is 13.6. The summed E-state index contributed by atoms with van der Waals surface area (Å²) in [5.41, 5.74) is 1.76. The van der Waals surface area contributed by atoms with Gasteiger partial charge in [-0.1, -0.05) is 11.8 Å². The summed E-state index contributed by atoms with van der Waals surface area (Å²) in [5, 5.41) is 11.8. The number of hydrogen-bond donors (Lipinski definition) is 1. The van der Waals surface area contributed by atoms with Gasteiger partial charge in [0.25, 0.3) is 0 Å². The maximum atomic E-state index is 12.4. The number of carbonyl (C=O) groups is 1. The van der Waals surface area contributed by atoms with Crippen LogP contribution in [0.3, 0.4) is 0 Å². The molecule has 2 aromatic rings. The van der Waals surface area contributed by atoms with Gasteiger partial charge in [0.05, 0.1) is 18.0 Å². The number of nitrogens with zero attached hydrogens (tertiary/aromatic N) is 3. The molecular weight excluding hydrogens is 352 g/mol. The first-order valence-corrected chi connectivity index (χ1v) is 9.91. The van der Waals surface area contributed by atoms with Gasteiger partial charge in [0.1, 0.15) is 23.9 Å². The van der Waals surface area contributed by atoms with Crippen molar-refractivity contribution in [1.29, 1.82) is 0 Å². The number of fused-ring (bicyclic) bond motifs is 1. The van der Waals surface area contributed by atoms with E-state index >= 15 is 0 Å². The van der Waals surface area contributed by atoms with Crippen molar-refractivity contribution < 1.29 is 14.3 Å². The molecule has 8 heteroatoms. The fourth-order valence-corrected chi connectivity index (χ4v) is 3.85. The molecule has 1 fully saturated rings. The lowest BCUT2D eigenvalue weighted by Gasteiger charge is -2.13. The zero-order valence-electron chi connectivity index (χ0n) is 14.9. The van der Waals surface area contributed by atoms with Crippen LogP contribution in [0.15, 0.2) is 23.6 Å². The van der Waals surface area contributed by atoms with Gasteiger partial charge in [0.15, 0.2) is 5.16 Å². The second-order valence-electron chi connectivity index (χ2n) is 6.61. The van der Waals surface area contributed by atoms with Crippen LogP contribution in [0, 0.1) is 0 Å². The van der Waals surface area contributed by atoms with E-state index < -0.39 is 0 Å². The van der Waals surface area contributed by atoms with Crippen LogP contribution >= 0.6 is 11.8 Å². The van der Waals surface area contributed by atoms with Crippen molar-refractivity contribution in [1.82, 2.24) is 14.8 Å². The van der Waals surface area contributed by atoms with Crippen LogP contribution in [-0.4, -0.2) is 39.1 Å². The largest absolute Gasteiger partial charge is 0.492 e. The van der Waals surface area contributed by atoms with Crippen LogP contribution in [0.5, 0.6) is 11.5 Å². The third-order valence-electron chi connectivity index (χ3n) is 4.38. The Morgan fingerprint density at radius 1 is 1.46 bits per heavy atom. The van der Waals surface area contributed by atoms with Gasteiger partial charge in [-0.05, 0) is 32.8 Å². The van der Waals surface area contributed by atoms with Crippen molar-refractivity contribution >= 4 is 23.4 Å². The highest BCUT2D eigenvalue weighted by atomic mass is 32.2. The molecule has 0 saturated heterocycles. The monoisotopic (exact) mass is 374 g/mol. The van der Waals surface area contributed by atoms with Crippen molar-refractivity contribution in [3.8, 4) is 11.5 Å². The number of nitrogens with one attached hydrogen (secondary N) is 1. The molecule has 1 unspecified atom stereocenters. The van der Waals surface area contributed by atoms with E-state index in [0.717, 1.165) is 35.7 Å². The summed E-state index contributed by atoms with van der Waals surface area (Å²) in [5.74, 6) is 1.67. The van der Waals surface area contributed by atoms with Crippen molar-refractivity contribution in [3.05, 3.63) is 24.0 Å². The molecule has 1 aromatic heterocycles. The third-order valence-corrected chi connectivity index (χ3v) is 5.34. The zero-order valence-corrected chi connectivity index (χ0v) is 15.7. The number of ether oxygens (including phenoxy) is 2. The van der Waals surface area contributed by atoms with E-state index in [1.54, 1.807) is 6.33 Å². The molecule has 1 aliphatic carbocycles. The second kappa shape index (κ2) is 7.19. The van der Waals surface area contributed by atoms with E-state index in [9.17, 15) is 4.79 Å². The smallest absolute Gasteiger partial charge is 0.234 e. The first kappa shape index (κ1) is 17.2. The Bertz CT molecular complexity index is 819. The second-order valence-corrected chi connectivity index (χ2v) is 7.55. The molecule has 4 rings (SSSR count). The number of aromatic nitrogens is 3. The molecule has 0 bridgehead atoms. The predicted octanol–water partition coefficient (Wildman–Crippen LogP) is 3.07. The molecule has 26 heavy (non-hydrogen) atoms. The summed E-state index contributed by atoms with van der Waals surface area (Å²) in [7, 11) is 0. The minimum atomic E-state index is -0.104. The normalized spacial score (nSPS) is 18.3. The van der Waals surface area contributed by atoms with Crippen LogP contribution in [0.2, 0.25) is 0 Å². The summed E-state index contributed by atoms with van der Waals surface area (Å²) in [6.07, 6.45) is 5.06. The summed E-state index contributed by atoms with van der Waals surface area (Å²) in [6.45, 7) is 4.50. The number of carbonyl (C=O) groups excluding carboxylic acids is 1. The van der Waals surface area contributed by atoms with Crippen molar-refractivity contribution in [2.45, 2.75) is 50.4 Å². The number of rotatable bonds is 7. The van der Waals surface area contributed by atoms with Gasteiger partial charge in [0, 0.05) is 24.1 Å². The molecule has 2 aliphatic rings. The van der Waals surface area contributed by atoms with Crippen LogP contribution in [0.25, 0.3) is 0 Å². The van der Waals surface area contributed by atoms with Crippen LogP contribution in [0.1, 0.15) is 38.3 Å². The van der Waals surface area contributed by atoms with Crippen molar-refractivity contribution in [3.63, 3.8) is 0 Å². The van der Waals surface area contributed by atoms with E-state index in [1.165, 1.54) is 11.8 Å². The maximum absolute atomic E-state index is 12.4. The van der Waals surface area contributed by atoms with E-state index in [-0.39, 0.29) is 17.8 Å². The van der Waals surface area contributed by atoms with E-state index in [1.807, 2.05) is 30.5 Å². The number of hydrogen-bond acceptors (Lipinski definition) is 6. The molecule has 1 N–H and O–H groups in total. The average molecular weight is 374 g/mol. The lowest BCUT2D eigenvalue weighted by molar-refractivity contribution is -0.113. The molecule has 138 valence electrons. The molecule has 7 nitrogen and oxygen atoms in total. The van der Waals surface area contributed by atoms with E-state index in [2.05, 4.69) is 15.5 Å². The highest BCUT2D eigenvalue weighted by molar-refractivity contribution is 7.99. The molecular formula is C18H22N4O3S. The van der Waals surface area contributed by atoms with E-state index in [4.69, 9.17) is 9.47 Å². The minimum absolute atomic E-state index is 0.104. The van der Waals surface area contributed by atoms with E-state index in [0.29, 0.717) is 24.1 Å². The Morgan fingerprint density at radius 3 is 3.08 bits per heavy atom. The topological polar surface area (TPSA) is 78.3 Å². The molecule has 0 radical (unpaired) electrons. The highest BCUT2D eigenvalue weighted by Gasteiger charge is 2.27. The Hall–Kier alpha value is -2.22. The lowest BCUT2D eigenvalue weighted by Crippen LogP contribution is -2.15. The first-order valence-electron chi connectivity index (χ1n) is 8.92. The molecule has 1 atom stereocenters. The Kier molecular flexibility index (Phi) is 4.76. The van der Waals surface area contributed by atoms with Crippen molar-refractivity contribution in [2.75, 3.05) is 17.7 Å².